The molecule has 0 amide bonds. The molecule has 0 atom stereocenters. The van der Waals surface area contributed by atoms with E-state index >= 15 is 0 Å². The second kappa shape index (κ2) is 6.76. The third-order valence-corrected chi connectivity index (χ3v) is 2.85. The van der Waals surface area contributed by atoms with E-state index in [0.29, 0.717) is 6.61 Å². The van der Waals surface area contributed by atoms with Crippen molar-refractivity contribution in [3.8, 4) is 5.75 Å². The first kappa shape index (κ1) is 12.6. The van der Waals surface area contributed by atoms with Gasteiger partial charge in [-0.05, 0) is 18.6 Å². The second-order valence-corrected chi connectivity index (χ2v) is 4.49. The van der Waals surface area contributed by atoms with E-state index in [2.05, 4.69) is 22.4 Å². The maximum absolute atomic E-state index is 5.64. The SMILES string of the molecule is CCCOc1ccccc1/C=N/Nc1nccs1. The summed E-state index contributed by atoms with van der Waals surface area (Å²) in [6, 6.07) is 7.83. The highest BCUT2D eigenvalue weighted by molar-refractivity contribution is 7.13. The van der Waals surface area contributed by atoms with Gasteiger partial charge in [0, 0.05) is 17.1 Å². The highest BCUT2D eigenvalue weighted by Crippen LogP contribution is 2.16. The molecule has 0 saturated carbocycles. The fraction of sp³-hybridized carbons (Fsp3) is 0.231. The van der Waals surface area contributed by atoms with Crippen LogP contribution >= 0.6 is 11.3 Å². The Morgan fingerprint density at radius 3 is 3.11 bits per heavy atom. The van der Waals surface area contributed by atoms with E-state index in [1.807, 2.05) is 29.6 Å². The minimum Gasteiger partial charge on any atom is -0.493 e. The number of nitrogens with zero attached hydrogens (tertiary/aromatic N) is 2. The molecule has 1 heterocycles. The standard InChI is InChI=1S/C13H15N3OS/c1-2-8-17-12-6-4-3-5-11(12)10-15-16-13-14-7-9-18-13/h3-7,9-10H,2,8H2,1H3,(H,14,16)/b15-10+. The van der Waals surface area contributed by atoms with Crippen molar-refractivity contribution >= 4 is 22.7 Å². The molecule has 2 aromatic rings. The van der Waals surface area contributed by atoms with Crippen molar-refractivity contribution in [2.75, 3.05) is 12.0 Å². The van der Waals surface area contributed by atoms with Crippen LogP contribution in [0.1, 0.15) is 18.9 Å². The Morgan fingerprint density at radius 2 is 2.33 bits per heavy atom. The third kappa shape index (κ3) is 3.56. The van der Waals surface area contributed by atoms with Crippen molar-refractivity contribution in [1.82, 2.24) is 4.98 Å². The molecule has 1 aromatic carbocycles. The van der Waals surface area contributed by atoms with Crippen molar-refractivity contribution in [1.29, 1.82) is 0 Å². The van der Waals surface area contributed by atoms with Crippen LogP contribution in [0.3, 0.4) is 0 Å². The zero-order valence-corrected chi connectivity index (χ0v) is 11.0. The molecule has 0 bridgehead atoms. The lowest BCUT2D eigenvalue weighted by molar-refractivity contribution is 0.317. The number of ether oxygens (including phenoxy) is 1. The molecular formula is C13H15N3OS. The van der Waals surface area contributed by atoms with Gasteiger partial charge in [0.1, 0.15) is 5.75 Å². The molecule has 4 nitrogen and oxygen atoms in total. The number of hydrogen-bond acceptors (Lipinski definition) is 5. The van der Waals surface area contributed by atoms with Gasteiger partial charge in [0.05, 0.1) is 12.8 Å². The highest BCUT2D eigenvalue weighted by Gasteiger charge is 1.99. The highest BCUT2D eigenvalue weighted by atomic mass is 32.1. The number of anilines is 1. The van der Waals surface area contributed by atoms with E-state index in [1.54, 1.807) is 12.4 Å². The molecule has 1 N–H and O–H groups in total. The van der Waals surface area contributed by atoms with Crippen LogP contribution in [0.2, 0.25) is 0 Å². The topological polar surface area (TPSA) is 46.5 Å². The van der Waals surface area contributed by atoms with Crippen molar-refractivity contribution in [2.45, 2.75) is 13.3 Å². The summed E-state index contributed by atoms with van der Waals surface area (Å²) in [5.74, 6) is 0.851. The first-order valence-corrected chi connectivity index (χ1v) is 6.68. The quantitative estimate of drug-likeness (QED) is 0.640. The summed E-state index contributed by atoms with van der Waals surface area (Å²) < 4.78 is 5.64. The first-order chi connectivity index (χ1) is 8.90. The molecule has 0 saturated heterocycles. The van der Waals surface area contributed by atoms with Gasteiger partial charge in [0.15, 0.2) is 0 Å². The van der Waals surface area contributed by atoms with Crippen LogP contribution in [0, 0.1) is 0 Å². The monoisotopic (exact) mass is 261 g/mol. The Hall–Kier alpha value is -1.88. The molecule has 2 rings (SSSR count). The number of rotatable bonds is 6. The summed E-state index contributed by atoms with van der Waals surface area (Å²) in [7, 11) is 0. The molecule has 94 valence electrons. The predicted octanol–water partition coefficient (Wildman–Crippen LogP) is 3.38. The molecule has 0 aliphatic heterocycles. The number of hydrogen-bond donors (Lipinski definition) is 1. The molecule has 0 spiro atoms. The minimum absolute atomic E-state index is 0.713. The summed E-state index contributed by atoms with van der Waals surface area (Å²) in [4.78, 5) is 4.08. The number of para-hydroxylation sites is 1. The summed E-state index contributed by atoms with van der Waals surface area (Å²) in [6.45, 7) is 2.80. The van der Waals surface area contributed by atoms with E-state index in [9.17, 15) is 0 Å². The van der Waals surface area contributed by atoms with E-state index in [4.69, 9.17) is 4.74 Å². The van der Waals surface area contributed by atoms with Gasteiger partial charge >= 0.3 is 0 Å². The number of thiazole rings is 1. The van der Waals surface area contributed by atoms with Crippen LogP contribution in [0.5, 0.6) is 5.75 Å². The van der Waals surface area contributed by atoms with Gasteiger partial charge in [-0.3, -0.25) is 5.43 Å². The summed E-state index contributed by atoms with van der Waals surface area (Å²) >= 11 is 1.51. The number of hydrazone groups is 1. The van der Waals surface area contributed by atoms with Crippen molar-refractivity contribution in [3.63, 3.8) is 0 Å². The molecule has 0 unspecified atom stereocenters. The number of benzene rings is 1. The van der Waals surface area contributed by atoms with Crippen molar-refractivity contribution in [2.24, 2.45) is 5.10 Å². The van der Waals surface area contributed by atoms with Gasteiger partial charge in [-0.2, -0.15) is 5.10 Å². The molecule has 0 radical (unpaired) electrons. The lowest BCUT2D eigenvalue weighted by Gasteiger charge is -2.06. The maximum Gasteiger partial charge on any atom is 0.203 e. The van der Waals surface area contributed by atoms with Crippen LogP contribution in [-0.4, -0.2) is 17.8 Å². The van der Waals surface area contributed by atoms with E-state index < -0.39 is 0 Å². The molecule has 1 aromatic heterocycles. The van der Waals surface area contributed by atoms with E-state index in [-0.39, 0.29) is 0 Å². The normalized spacial score (nSPS) is 10.7. The zero-order chi connectivity index (χ0) is 12.6. The predicted molar refractivity (Wildman–Crippen MR) is 75.6 cm³/mol. The third-order valence-electron chi connectivity index (χ3n) is 2.18. The van der Waals surface area contributed by atoms with Gasteiger partial charge in [0.25, 0.3) is 0 Å². The van der Waals surface area contributed by atoms with Gasteiger partial charge in [-0.15, -0.1) is 11.3 Å². The maximum atomic E-state index is 5.64. The number of aromatic nitrogens is 1. The Kier molecular flexibility index (Phi) is 4.72. The van der Waals surface area contributed by atoms with Gasteiger partial charge < -0.3 is 4.74 Å². The smallest absolute Gasteiger partial charge is 0.203 e. The zero-order valence-electron chi connectivity index (χ0n) is 10.2. The van der Waals surface area contributed by atoms with Gasteiger partial charge in [-0.1, -0.05) is 19.1 Å². The molecular weight excluding hydrogens is 246 g/mol. The number of nitrogens with one attached hydrogen (secondary N) is 1. The van der Waals surface area contributed by atoms with Crippen LogP contribution < -0.4 is 10.2 Å². The molecule has 0 aliphatic rings. The Balaban J connectivity index is 2.01. The van der Waals surface area contributed by atoms with Crippen LogP contribution in [-0.2, 0) is 0 Å². The van der Waals surface area contributed by atoms with Crippen molar-refractivity contribution in [3.05, 3.63) is 41.4 Å². The minimum atomic E-state index is 0.713. The molecule has 18 heavy (non-hydrogen) atoms. The molecule has 0 aliphatic carbocycles. The second-order valence-electron chi connectivity index (χ2n) is 3.59. The van der Waals surface area contributed by atoms with Crippen LogP contribution in [0.4, 0.5) is 5.13 Å². The molecule has 0 fully saturated rings. The van der Waals surface area contributed by atoms with E-state index in [1.165, 1.54) is 11.3 Å². The van der Waals surface area contributed by atoms with Crippen LogP contribution in [0.15, 0.2) is 40.9 Å². The van der Waals surface area contributed by atoms with Gasteiger partial charge in [-0.25, -0.2) is 4.98 Å². The lowest BCUT2D eigenvalue weighted by Crippen LogP contribution is -1.99. The average Bonchev–Trinajstić information content (AvgIpc) is 2.91. The van der Waals surface area contributed by atoms with Crippen molar-refractivity contribution < 1.29 is 4.74 Å². The largest absolute Gasteiger partial charge is 0.493 e. The fourth-order valence-corrected chi connectivity index (χ4v) is 1.84. The molecule has 5 heteroatoms. The first-order valence-electron chi connectivity index (χ1n) is 5.80. The average molecular weight is 261 g/mol. The van der Waals surface area contributed by atoms with Crippen LogP contribution in [0.25, 0.3) is 0 Å². The summed E-state index contributed by atoms with van der Waals surface area (Å²) in [6.07, 6.45) is 4.47. The van der Waals surface area contributed by atoms with Gasteiger partial charge in [0.2, 0.25) is 5.13 Å². The summed E-state index contributed by atoms with van der Waals surface area (Å²) in [5.41, 5.74) is 3.83. The fourth-order valence-electron chi connectivity index (χ4n) is 1.37. The Labute approximate surface area is 110 Å². The summed E-state index contributed by atoms with van der Waals surface area (Å²) in [5, 5.41) is 6.82. The van der Waals surface area contributed by atoms with E-state index in [0.717, 1.165) is 22.9 Å². The lowest BCUT2D eigenvalue weighted by atomic mass is 10.2. The Morgan fingerprint density at radius 1 is 1.44 bits per heavy atom. The Bertz CT molecular complexity index is 497.